The molecule has 2 aromatic carbocycles. The van der Waals surface area contributed by atoms with Gasteiger partial charge in [0.2, 0.25) is 0 Å². The minimum Gasteiger partial charge on any atom is -0.317 e. The minimum absolute atomic E-state index is 0.00837. The molecule has 1 aliphatic heterocycles. The van der Waals surface area contributed by atoms with Gasteiger partial charge in [0.25, 0.3) is 0 Å². The molecule has 1 aliphatic rings. The molecule has 2 amide bonds. The van der Waals surface area contributed by atoms with Crippen LogP contribution < -0.4 is 5.32 Å². The highest BCUT2D eigenvalue weighted by molar-refractivity contribution is 5.90. The Balaban J connectivity index is 1.76. The maximum absolute atomic E-state index is 13.7. The maximum Gasteiger partial charge on any atom is 0.322 e. The Morgan fingerprint density at radius 2 is 1.91 bits per heavy atom. The molecule has 1 atom stereocenters. The van der Waals surface area contributed by atoms with Crippen LogP contribution in [0.3, 0.4) is 0 Å². The van der Waals surface area contributed by atoms with E-state index >= 15 is 0 Å². The first-order valence-electron chi connectivity index (χ1n) is 7.64. The van der Waals surface area contributed by atoms with Gasteiger partial charge in [-0.15, -0.1) is 0 Å². The van der Waals surface area contributed by atoms with Crippen LogP contribution in [0.1, 0.15) is 30.0 Å². The van der Waals surface area contributed by atoms with Crippen molar-refractivity contribution in [3.8, 4) is 0 Å². The molecule has 0 unspecified atom stereocenters. The molecule has 0 aromatic heterocycles. The smallest absolute Gasteiger partial charge is 0.317 e. The van der Waals surface area contributed by atoms with E-state index in [2.05, 4.69) is 5.32 Å². The second-order valence-electron chi connectivity index (χ2n) is 5.82. The molecule has 0 saturated carbocycles. The van der Waals surface area contributed by atoms with Gasteiger partial charge in [0.15, 0.2) is 0 Å². The van der Waals surface area contributed by atoms with Gasteiger partial charge in [0, 0.05) is 12.6 Å². The molecule has 0 aliphatic carbocycles. The fraction of sp³-hybridized carbons (Fsp3) is 0.278. The van der Waals surface area contributed by atoms with Crippen molar-refractivity contribution in [2.45, 2.75) is 25.8 Å². The zero-order valence-corrected chi connectivity index (χ0v) is 12.9. The van der Waals surface area contributed by atoms with Crippen molar-refractivity contribution in [2.24, 2.45) is 0 Å². The van der Waals surface area contributed by atoms with E-state index < -0.39 is 11.6 Å². The number of rotatable bonds is 2. The summed E-state index contributed by atoms with van der Waals surface area (Å²) in [6, 6.07) is 10.8. The maximum atomic E-state index is 13.7. The zero-order valence-electron chi connectivity index (χ0n) is 12.9. The van der Waals surface area contributed by atoms with Gasteiger partial charge in [-0.2, -0.15) is 0 Å². The van der Waals surface area contributed by atoms with Gasteiger partial charge < -0.3 is 10.2 Å². The number of benzene rings is 2. The van der Waals surface area contributed by atoms with Gasteiger partial charge in [-0.25, -0.2) is 13.6 Å². The number of nitrogens with one attached hydrogen (secondary N) is 1. The average molecular weight is 316 g/mol. The molecule has 0 spiro atoms. The van der Waals surface area contributed by atoms with Crippen molar-refractivity contribution in [3.05, 3.63) is 65.2 Å². The standard InChI is InChI=1S/C18H18F2N2O/c1-12-4-6-13(7-5-12)17-3-2-10-22(17)18(23)21-16-9-8-14(19)11-15(16)20/h4-9,11,17H,2-3,10H2,1H3,(H,21,23)/t17-/m0/s1. The lowest BCUT2D eigenvalue weighted by Crippen LogP contribution is -2.34. The van der Waals surface area contributed by atoms with Gasteiger partial charge in [0.05, 0.1) is 11.7 Å². The molecule has 5 heteroatoms. The van der Waals surface area contributed by atoms with Crippen molar-refractivity contribution in [3.63, 3.8) is 0 Å². The summed E-state index contributed by atoms with van der Waals surface area (Å²) in [6.45, 7) is 2.63. The minimum atomic E-state index is -0.774. The van der Waals surface area contributed by atoms with Crippen LogP contribution in [-0.2, 0) is 0 Å². The molecule has 23 heavy (non-hydrogen) atoms. The first-order chi connectivity index (χ1) is 11.0. The number of halogens is 2. The Hall–Kier alpha value is -2.43. The summed E-state index contributed by atoms with van der Waals surface area (Å²) in [5.41, 5.74) is 2.23. The van der Waals surface area contributed by atoms with Crippen LogP contribution in [-0.4, -0.2) is 17.5 Å². The van der Waals surface area contributed by atoms with Gasteiger partial charge >= 0.3 is 6.03 Å². The molecule has 2 aromatic rings. The van der Waals surface area contributed by atoms with E-state index in [9.17, 15) is 13.6 Å². The monoisotopic (exact) mass is 316 g/mol. The molecule has 1 N–H and O–H groups in total. The third kappa shape index (κ3) is 3.33. The summed E-state index contributed by atoms with van der Waals surface area (Å²) in [5.74, 6) is -1.44. The molecule has 0 radical (unpaired) electrons. The summed E-state index contributed by atoms with van der Waals surface area (Å²) in [4.78, 5) is 14.2. The Kier molecular flexibility index (Phi) is 4.28. The van der Waals surface area contributed by atoms with Crippen LogP contribution in [0, 0.1) is 18.6 Å². The van der Waals surface area contributed by atoms with E-state index in [0.29, 0.717) is 6.54 Å². The first-order valence-corrected chi connectivity index (χ1v) is 7.64. The Morgan fingerprint density at radius 1 is 1.17 bits per heavy atom. The molecule has 1 saturated heterocycles. The number of carbonyl (C=O) groups is 1. The number of amides is 2. The third-order valence-electron chi connectivity index (χ3n) is 4.15. The average Bonchev–Trinajstić information content (AvgIpc) is 3.00. The van der Waals surface area contributed by atoms with E-state index in [4.69, 9.17) is 0 Å². The van der Waals surface area contributed by atoms with Gasteiger partial charge in [-0.05, 0) is 37.5 Å². The molecule has 0 bridgehead atoms. The Labute approximate surface area is 133 Å². The highest BCUT2D eigenvalue weighted by atomic mass is 19.1. The van der Waals surface area contributed by atoms with Crippen LogP contribution in [0.5, 0.6) is 0 Å². The van der Waals surface area contributed by atoms with Gasteiger partial charge in [-0.3, -0.25) is 0 Å². The fourth-order valence-corrected chi connectivity index (χ4v) is 2.92. The number of hydrogen-bond donors (Lipinski definition) is 1. The van der Waals surface area contributed by atoms with E-state index in [1.165, 1.54) is 6.07 Å². The van der Waals surface area contributed by atoms with E-state index in [1.807, 2.05) is 31.2 Å². The van der Waals surface area contributed by atoms with Crippen molar-refractivity contribution in [1.29, 1.82) is 0 Å². The van der Waals surface area contributed by atoms with E-state index in [1.54, 1.807) is 4.90 Å². The van der Waals surface area contributed by atoms with E-state index in [-0.39, 0.29) is 17.8 Å². The third-order valence-corrected chi connectivity index (χ3v) is 4.15. The van der Waals surface area contributed by atoms with E-state index in [0.717, 1.165) is 36.1 Å². The quantitative estimate of drug-likeness (QED) is 0.860. The number of hydrogen-bond acceptors (Lipinski definition) is 1. The molecular weight excluding hydrogens is 298 g/mol. The van der Waals surface area contributed by atoms with Crippen LogP contribution >= 0.6 is 0 Å². The summed E-state index contributed by atoms with van der Waals surface area (Å²) in [5, 5.41) is 2.54. The lowest BCUT2D eigenvalue weighted by molar-refractivity contribution is 0.207. The van der Waals surface area contributed by atoms with Crippen molar-refractivity contribution in [1.82, 2.24) is 4.90 Å². The van der Waals surface area contributed by atoms with Crippen molar-refractivity contribution in [2.75, 3.05) is 11.9 Å². The number of urea groups is 1. The summed E-state index contributed by atoms with van der Waals surface area (Å²) in [6.07, 6.45) is 1.78. The zero-order chi connectivity index (χ0) is 16.4. The Bertz CT molecular complexity index is 715. The van der Waals surface area contributed by atoms with Crippen LogP contribution in [0.15, 0.2) is 42.5 Å². The lowest BCUT2D eigenvalue weighted by atomic mass is 10.0. The SMILES string of the molecule is Cc1ccc([C@@H]2CCCN2C(=O)Nc2ccc(F)cc2F)cc1. The molecule has 1 fully saturated rings. The predicted octanol–water partition coefficient (Wildman–Crippen LogP) is 4.64. The Morgan fingerprint density at radius 3 is 2.61 bits per heavy atom. The predicted molar refractivity (Wildman–Crippen MR) is 85.2 cm³/mol. The van der Waals surface area contributed by atoms with Crippen LogP contribution in [0.25, 0.3) is 0 Å². The lowest BCUT2D eigenvalue weighted by Gasteiger charge is -2.25. The summed E-state index contributed by atoms with van der Waals surface area (Å²) < 4.78 is 26.6. The summed E-state index contributed by atoms with van der Waals surface area (Å²) in [7, 11) is 0. The highest BCUT2D eigenvalue weighted by Gasteiger charge is 2.30. The normalized spacial score (nSPS) is 17.3. The molecular formula is C18H18F2N2O. The number of nitrogens with zero attached hydrogens (tertiary/aromatic N) is 1. The topological polar surface area (TPSA) is 32.3 Å². The summed E-state index contributed by atoms with van der Waals surface area (Å²) >= 11 is 0. The number of likely N-dealkylation sites (tertiary alicyclic amines) is 1. The molecule has 3 nitrogen and oxygen atoms in total. The largest absolute Gasteiger partial charge is 0.322 e. The number of anilines is 1. The second kappa shape index (κ2) is 6.36. The highest BCUT2D eigenvalue weighted by Crippen LogP contribution is 2.32. The van der Waals surface area contributed by atoms with Crippen LogP contribution in [0.2, 0.25) is 0 Å². The molecule has 3 rings (SSSR count). The number of aryl methyl sites for hydroxylation is 1. The van der Waals surface area contributed by atoms with Crippen molar-refractivity contribution < 1.29 is 13.6 Å². The van der Waals surface area contributed by atoms with Crippen molar-refractivity contribution >= 4 is 11.7 Å². The van der Waals surface area contributed by atoms with Crippen LogP contribution in [0.4, 0.5) is 19.3 Å². The fourth-order valence-electron chi connectivity index (χ4n) is 2.92. The molecule has 1 heterocycles. The van der Waals surface area contributed by atoms with Gasteiger partial charge in [-0.1, -0.05) is 29.8 Å². The van der Waals surface area contributed by atoms with Gasteiger partial charge in [0.1, 0.15) is 11.6 Å². The molecule has 120 valence electrons. The second-order valence-corrected chi connectivity index (χ2v) is 5.82. The first kappa shape index (κ1) is 15.5. The number of carbonyl (C=O) groups excluding carboxylic acids is 1.